The molecule has 0 bridgehead atoms. The summed E-state index contributed by atoms with van der Waals surface area (Å²) in [5, 5.41) is 2.83. The van der Waals surface area contributed by atoms with Crippen molar-refractivity contribution in [3.8, 4) is 11.1 Å². The van der Waals surface area contributed by atoms with Crippen LogP contribution in [0.1, 0.15) is 16.7 Å². The second kappa shape index (κ2) is 12.5. The van der Waals surface area contributed by atoms with E-state index in [0.29, 0.717) is 12.8 Å². The third-order valence-corrected chi connectivity index (χ3v) is 5.96. The van der Waals surface area contributed by atoms with Crippen LogP contribution >= 0.6 is 0 Å². The Bertz CT molecular complexity index is 1240. The van der Waals surface area contributed by atoms with Gasteiger partial charge in [-0.05, 0) is 34.2 Å². The van der Waals surface area contributed by atoms with Gasteiger partial charge < -0.3 is 15.8 Å². The number of amides is 1. The van der Waals surface area contributed by atoms with Crippen LogP contribution in [0.2, 0.25) is 0 Å². The smallest absolute Gasteiger partial charge is 0.329 e. The van der Waals surface area contributed by atoms with E-state index in [9.17, 15) is 9.59 Å². The van der Waals surface area contributed by atoms with Gasteiger partial charge in [0.25, 0.3) is 0 Å². The summed E-state index contributed by atoms with van der Waals surface area (Å²) in [7, 11) is 0. The van der Waals surface area contributed by atoms with Gasteiger partial charge in [0.15, 0.2) is 0 Å². The van der Waals surface area contributed by atoms with Crippen LogP contribution < -0.4 is 11.1 Å². The van der Waals surface area contributed by atoms with Crippen LogP contribution in [0.15, 0.2) is 115 Å². The van der Waals surface area contributed by atoms with Gasteiger partial charge >= 0.3 is 5.97 Å². The average Bonchev–Trinajstić information content (AvgIpc) is 2.93. The Morgan fingerprint density at radius 2 is 1.14 bits per heavy atom. The van der Waals surface area contributed by atoms with Gasteiger partial charge in [0.2, 0.25) is 5.91 Å². The van der Waals surface area contributed by atoms with Gasteiger partial charge in [-0.3, -0.25) is 4.79 Å². The summed E-state index contributed by atoms with van der Waals surface area (Å²) in [6.07, 6.45) is 0.677. The van der Waals surface area contributed by atoms with Crippen molar-refractivity contribution < 1.29 is 14.3 Å². The molecule has 0 aliphatic carbocycles. The third-order valence-electron chi connectivity index (χ3n) is 5.96. The SMILES string of the molecule is N[C@H](Cc1ccccc1)C(=O)N[C@@H](Cc1ccc(-c2ccccc2)cc1)C(=O)OCc1ccccc1. The standard InChI is InChI=1S/C31H30N2O3/c32-28(20-23-10-4-1-5-11-23)30(34)33-29(31(35)36-22-25-12-6-2-7-13-25)21-24-16-18-27(19-17-24)26-14-8-3-9-15-26/h1-19,28-29H,20-22,32H2,(H,33,34)/t28-,29+/m1/s1. The fourth-order valence-corrected chi connectivity index (χ4v) is 3.96. The highest BCUT2D eigenvalue weighted by Crippen LogP contribution is 2.20. The molecule has 4 aromatic carbocycles. The van der Waals surface area contributed by atoms with Crippen LogP contribution in [0.5, 0.6) is 0 Å². The van der Waals surface area contributed by atoms with Crippen molar-refractivity contribution in [2.24, 2.45) is 5.73 Å². The van der Waals surface area contributed by atoms with Crippen molar-refractivity contribution in [3.05, 3.63) is 132 Å². The zero-order valence-corrected chi connectivity index (χ0v) is 20.0. The first-order valence-electron chi connectivity index (χ1n) is 12.0. The molecule has 4 rings (SSSR count). The maximum Gasteiger partial charge on any atom is 0.329 e. The van der Waals surface area contributed by atoms with Gasteiger partial charge in [0.05, 0.1) is 6.04 Å². The Morgan fingerprint density at radius 3 is 1.75 bits per heavy atom. The van der Waals surface area contributed by atoms with E-state index >= 15 is 0 Å². The number of hydrogen-bond donors (Lipinski definition) is 2. The number of rotatable bonds is 10. The molecule has 0 saturated carbocycles. The molecule has 0 unspecified atom stereocenters. The van der Waals surface area contributed by atoms with Crippen LogP contribution in [0, 0.1) is 0 Å². The van der Waals surface area contributed by atoms with Crippen LogP contribution in [-0.4, -0.2) is 24.0 Å². The van der Waals surface area contributed by atoms with Crippen molar-refractivity contribution in [1.82, 2.24) is 5.32 Å². The minimum absolute atomic E-state index is 0.134. The Labute approximate surface area is 211 Å². The molecule has 0 aromatic heterocycles. The first-order chi connectivity index (χ1) is 17.6. The summed E-state index contributed by atoms with van der Waals surface area (Å²) < 4.78 is 5.56. The molecule has 0 spiro atoms. The number of nitrogens with one attached hydrogen (secondary N) is 1. The molecule has 0 fully saturated rings. The third kappa shape index (κ3) is 7.14. The van der Waals surface area contributed by atoms with E-state index in [1.54, 1.807) is 0 Å². The van der Waals surface area contributed by atoms with E-state index in [-0.39, 0.29) is 12.5 Å². The summed E-state index contributed by atoms with van der Waals surface area (Å²) in [5.41, 5.74) is 11.1. The minimum Gasteiger partial charge on any atom is -0.459 e. The second-order valence-electron chi connectivity index (χ2n) is 8.72. The molecular weight excluding hydrogens is 448 g/mol. The largest absolute Gasteiger partial charge is 0.459 e. The molecule has 36 heavy (non-hydrogen) atoms. The average molecular weight is 479 g/mol. The van der Waals surface area contributed by atoms with Gasteiger partial charge in [-0.15, -0.1) is 0 Å². The predicted octanol–water partition coefficient (Wildman–Crippen LogP) is 4.69. The highest BCUT2D eigenvalue weighted by atomic mass is 16.5. The molecule has 0 heterocycles. The van der Waals surface area contributed by atoms with Crippen LogP contribution in [-0.2, 0) is 33.8 Å². The lowest BCUT2D eigenvalue weighted by Crippen LogP contribution is -2.50. The summed E-state index contributed by atoms with van der Waals surface area (Å²) in [6.45, 7) is 0.134. The van der Waals surface area contributed by atoms with E-state index in [1.165, 1.54) is 0 Å². The highest BCUT2D eigenvalue weighted by molar-refractivity contribution is 5.87. The van der Waals surface area contributed by atoms with Crippen LogP contribution in [0.25, 0.3) is 11.1 Å². The van der Waals surface area contributed by atoms with Gasteiger partial charge in [0.1, 0.15) is 12.6 Å². The lowest BCUT2D eigenvalue weighted by Gasteiger charge is -2.20. The van der Waals surface area contributed by atoms with E-state index in [1.807, 2.05) is 115 Å². The molecule has 2 atom stereocenters. The molecule has 1 amide bonds. The monoisotopic (exact) mass is 478 g/mol. The Balaban J connectivity index is 1.45. The zero-order valence-electron chi connectivity index (χ0n) is 20.0. The van der Waals surface area contributed by atoms with E-state index in [2.05, 4.69) is 5.32 Å². The molecular formula is C31H30N2O3. The lowest BCUT2D eigenvalue weighted by atomic mass is 10.00. The number of esters is 1. The summed E-state index contributed by atoms with van der Waals surface area (Å²) >= 11 is 0. The van der Waals surface area contributed by atoms with Gasteiger partial charge in [-0.2, -0.15) is 0 Å². The molecule has 5 nitrogen and oxygen atoms in total. The number of carbonyl (C=O) groups excluding carboxylic acids is 2. The normalized spacial score (nSPS) is 12.4. The quantitative estimate of drug-likeness (QED) is 0.324. The van der Waals surface area contributed by atoms with E-state index < -0.39 is 18.1 Å². The first-order valence-corrected chi connectivity index (χ1v) is 12.0. The fourth-order valence-electron chi connectivity index (χ4n) is 3.96. The summed E-state index contributed by atoms with van der Waals surface area (Å²) in [6, 6.07) is 35.4. The van der Waals surface area contributed by atoms with Crippen molar-refractivity contribution in [1.29, 1.82) is 0 Å². The topological polar surface area (TPSA) is 81.4 Å². The summed E-state index contributed by atoms with van der Waals surface area (Å²) in [5.74, 6) is -0.882. The fraction of sp³-hybridized carbons (Fsp3) is 0.161. The highest BCUT2D eigenvalue weighted by Gasteiger charge is 2.25. The van der Waals surface area contributed by atoms with Crippen molar-refractivity contribution in [2.45, 2.75) is 31.5 Å². The molecule has 0 saturated heterocycles. The van der Waals surface area contributed by atoms with Gasteiger partial charge in [-0.1, -0.05) is 115 Å². The molecule has 182 valence electrons. The number of carbonyl (C=O) groups is 2. The zero-order chi connectivity index (χ0) is 25.2. The Hall–Kier alpha value is -4.22. The first kappa shape index (κ1) is 24.9. The predicted molar refractivity (Wildman–Crippen MR) is 142 cm³/mol. The van der Waals surface area contributed by atoms with Crippen molar-refractivity contribution in [2.75, 3.05) is 0 Å². The molecule has 4 aromatic rings. The van der Waals surface area contributed by atoms with Gasteiger partial charge in [-0.25, -0.2) is 4.79 Å². The Morgan fingerprint density at radius 1 is 0.639 bits per heavy atom. The van der Waals surface area contributed by atoms with Crippen LogP contribution in [0.4, 0.5) is 0 Å². The molecule has 0 aliphatic heterocycles. The molecule has 0 aliphatic rings. The number of benzene rings is 4. The van der Waals surface area contributed by atoms with Crippen molar-refractivity contribution in [3.63, 3.8) is 0 Å². The van der Waals surface area contributed by atoms with Crippen molar-refractivity contribution >= 4 is 11.9 Å². The number of hydrogen-bond acceptors (Lipinski definition) is 4. The Kier molecular flexibility index (Phi) is 8.62. The minimum atomic E-state index is -0.856. The number of nitrogens with two attached hydrogens (primary N) is 1. The maximum absolute atomic E-state index is 13.0. The second-order valence-corrected chi connectivity index (χ2v) is 8.72. The number of ether oxygens (including phenoxy) is 1. The van der Waals surface area contributed by atoms with Crippen LogP contribution in [0.3, 0.4) is 0 Å². The van der Waals surface area contributed by atoms with E-state index in [4.69, 9.17) is 10.5 Å². The summed E-state index contributed by atoms with van der Waals surface area (Å²) in [4.78, 5) is 26.0. The molecule has 0 radical (unpaired) electrons. The van der Waals surface area contributed by atoms with Gasteiger partial charge in [0, 0.05) is 6.42 Å². The van der Waals surface area contributed by atoms with E-state index in [0.717, 1.165) is 27.8 Å². The maximum atomic E-state index is 13.0. The lowest BCUT2D eigenvalue weighted by molar-refractivity contribution is -0.149. The molecule has 5 heteroatoms. The molecule has 3 N–H and O–H groups in total.